The van der Waals surface area contributed by atoms with E-state index in [1.807, 2.05) is 40.1 Å². The van der Waals surface area contributed by atoms with Crippen LogP contribution in [0, 0.1) is 0 Å². The van der Waals surface area contributed by atoms with Crippen LogP contribution in [0.3, 0.4) is 0 Å². The SMILES string of the molecule is CN1CCN(C(=O)CC2c3cc4c(cc3C(=O)N2c2ccccc2)CCC4)CC1. The molecule has 2 aliphatic heterocycles. The van der Waals surface area contributed by atoms with E-state index >= 15 is 0 Å². The number of piperazine rings is 1. The lowest BCUT2D eigenvalue weighted by molar-refractivity contribution is -0.133. The summed E-state index contributed by atoms with van der Waals surface area (Å²) in [5, 5.41) is 0. The Labute approximate surface area is 171 Å². The van der Waals surface area contributed by atoms with Gasteiger partial charge in [-0.1, -0.05) is 24.3 Å². The van der Waals surface area contributed by atoms with E-state index in [0.29, 0.717) is 6.42 Å². The molecule has 29 heavy (non-hydrogen) atoms. The van der Waals surface area contributed by atoms with E-state index in [4.69, 9.17) is 0 Å². The molecule has 2 heterocycles. The highest BCUT2D eigenvalue weighted by atomic mass is 16.2. The van der Waals surface area contributed by atoms with Gasteiger partial charge >= 0.3 is 0 Å². The van der Waals surface area contributed by atoms with Gasteiger partial charge in [0.25, 0.3) is 5.91 Å². The lowest BCUT2D eigenvalue weighted by Gasteiger charge is -2.34. The molecule has 5 nitrogen and oxygen atoms in total. The standard InChI is InChI=1S/C24H27N3O2/c1-25-10-12-26(13-11-25)23(28)16-22-20-14-17-6-5-7-18(17)15-21(20)24(29)27(22)19-8-3-2-4-9-19/h2-4,8-9,14-15,22H,5-7,10-13,16H2,1H3. The summed E-state index contributed by atoms with van der Waals surface area (Å²) in [4.78, 5) is 32.6. The predicted molar refractivity (Wildman–Crippen MR) is 113 cm³/mol. The number of fused-ring (bicyclic) bond motifs is 2. The average molecular weight is 389 g/mol. The molecule has 0 bridgehead atoms. The molecule has 0 aromatic heterocycles. The molecule has 1 unspecified atom stereocenters. The van der Waals surface area contributed by atoms with Gasteiger partial charge in [-0.05, 0) is 61.2 Å². The zero-order valence-corrected chi connectivity index (χ0v) is 16.9. The molecule has 2 aromatic rings. The highest BCUT2D eigenvalue weighted by Crippen LogP contribution is 2.42. The summed E-state index contributed by atoms with van der Waals surface area (Å²) in [6.07, 6.45) is 3.61. The predicted octanol–water partition coefficient (Wildman–Crippen LogP) is 3.04. The number of nitrogens with zero attached hydrogens (tertiary/aromatic N) is 3. The zero-order valence-electron chi connectivity index (χ0n) is 16.9. The molecule has 2 aromatic carbocycles. The van der Waals surface area contributed by atoms with Crippen molar-refractivity contribution in [2.45, 2.75) is 31.7 Å². The van der Waals surface area contributed by atoms with Gasteiger partial charge in [0.1, 0.15) is 0 Å². The van der Waals surface area contributed by atoms with Crippen molar-refractivity contribution in [2.75, 3.05) is 38.1 Å². The minimum absolute atomic E-state index is 0.0251. The van der Waals surface area contributed by atoms with Crippen LogP contribution in [-0.4, -0.2) is 54.8 Å². The molecule has 0 N–H and O–H groups in total. The van der Waals surface area contributed by atoms with Crippen LogP contribution in [0.15, 0.2) is 42.5 Å². The van der Waals surface area contributed by atoms with Crippen LogP contribution >= 0.6 is 0 Å². The first kappa shape index (κ1) is 18.4. The molecule has 150 valence electrons. The van der Waals surface area contributed by atoms with E-state index in [2.05, 4.69) is 24.1 Å². The van der Waals surface area contributed by atoms with Gasteiger partial charge in [-0.25, -0.2) is 0 Å². The van der Waals surface area contributed by atoms with Gasteiger partial charge in [0.15, 0.2) is 0 Å². The summed E-state index contributed by atoms with van der Waals surface area (Å²) < 4.78 is 0. The Bertz CT molecular complexity index is 948. The minimum Gasteiger partial charge on any atom is -0.340 e. The second-order valence-electron chi connectivity index (χ2n) is 8.48. The number of para-hydroxylation sites is 1. The van der Waals surface area contributed by atoms with Gasteiger partial charge in [0.2, 0.25) is 5.91 Å². The molecule has 0 saturated carbocycles. The largest absolute Gasteiger partial charge is 0.340 e. The molecule has 1 fully saturated rings. The number of anilines is 1. The third-order valence-electron chi connectivity index (χ3n) is 6.64. The Hall–Kier alpha value is -2.66. The molecule has 5 rings (SSSR count). The van der Waals surface area contributed by atoms with Crippen LogP contribution in [0.5, 0.6) is 0 Å². The fourth-order valence-corrected chi connectivity index (χ4v) is 4.95. The molecule has 1 aliphatic carbocycles. The van der Waals surface area contributed by atoms with Gasteiger partial charge in [0, 0.05) is 37.4 Å². The monoisotopic (exact) mass is 389 g/mol. The molecule has 3 aliphatic rings. The number of hydrogen-bond donors (Lipinski definition) is 0. The second kappa shape index (κ2) is 7.30. The second-order valence-corrected chi connectivity index (χ2v) is 8.48. The number of amides is 2. The Morgan fingerprint density at radius 1 is 1.00 bits per heavy atom. The maximum atomic E-state index is 13.4. The number of hydrogen-bond acceptors (Lipinski definition) is 3. The Morgan fingerprint density at radius 2 is 1.69 bits per heavy atom. The molecule has 0 radical (unpaired) electrons. The van der Waals surface area contributed by atoms with Crippen molar-refractivity contribution in [3.63, 3.8) is 0 Å². The van der Waals surface area contributed by atoms with E-state index in [-0.39, 0.29) is 17.9 Å². The van der Waals surface area contributed by atoms with Crippen molar-refractivity contribution in [1.82, 2.24) is 9.80 Å². The Balaban J connectivity index is 1.50. The topological polar surface area (TPSA) is 43.9 Å². The molecule has 1 atom stereocenters. The molecular weight excluding hydrogens is 362 g/mol. The van der Waals surface area contributed by atoms with Crippen LogP contribution in [0.25, 0.3) is 0 Å². The molecule has 5 heteroatoms. The van der Waals surface area contributed by atoms with Crippen molar-refractivity contribution in [1.29, 1.82) is 0 Å². The first-order chi connectivity index (χ1) is 14.1. The highest BCUT2D eigenvalue weighted by Gasteiger charge is 2.40. The third kappa shape index (κ3) is 3.23. The summed E-state index contributed by atoms with van der Waals surface area (Å²) in [5.41, 5.74) is 5.33. The van der Waals surface area contributed by atoms with Crippen LogP contribution in [-0.2, 0) is 17.6 Å². The van der Waals surface area contributed by atoms with Gasteiger partial charge in [0.05, 0.1) is 12.5 Å². The fraction of sp³-hybridized carbons (Fsp3) is 0.417. The molecule has 1 saturated heterocycles. The minimum atomic E-state index is -0.224. The summed E-state index contributed by atoms with van der Waals surface area (Å²) >= 11 is 0. The van der Waals surface area contributed by atoms with Crippen LogP contribution in [0.4, 0.5) is 5.69 Å². The van der Waals surface area contributed by atoms with Gasteiger partial charge in [-0.15, -0.1) is 0 Å². The normalized spacial score (nSPS) is 21.4. The zero-order chi connectivity index (χ0) is 20.0. The van der Waals surface area contributed by atoms with Crippen LogP contribution in [0.2, 0.25) is 0 Å². The summed E-state index contributed by atoms with van der Waals surface area (Å²) in [5.74, 6) is 0.169. The quantitative estimate of drug-likeness (QED) is 0.811. The van der Waals surface area contributed by atoms with E-state index in [9.17, 15) is 9.59 Å². The van der Waals surface area contributed by atoms with Gasteiger partial charge in [-0.2, -0.15) is 0 Å². The van der Waals surface area contributed by atoms with Crippen molar-refractivity contribution in [3.05, 3.63) is 64.7 Å². The fourth-order valence-electron chi connectivity index (χ4n) is 4.95. The van der Waals surface area contributed by atoms with E-state index in [1.54, 1.807) is 0 Å². The highest BCUT2D eigenvalue weighted by molar-refractivity contribution is 6.11. The lowest BCUT2D eigenvalue weighted by Crippen LogP contribution is -2.47. The number of benzene rings is 2. The maximum Gasteiger partial charge on any atom is 0.259 e. The van der Waals surface area contributed by atoms with Gasteiger partial charge in [-0.3, -0.25) is 9.59 Å². The molecular formula is C24H27N3O2. The van der Waals surface area contributed by atoms with E-state index in [1.165, 1.54) is 11.1 Å². The van der Waals surface area contributed by atoms with Gasteiger partial charge < -0.3 is 14.7 Å². The Kier molecular flexibility index (Phi) is 4.63. The van der Waals surface area contributed by atoms with E-state index < -0.39 is 0 Å². The maximum absolute atomic E-state index is 13.4. The van der Waals surface area contributed by atoms with E-state index in [0.717, 1.165) is 62.3 Å². The van der Waals surface area contributed by atoms with Crippen LogP contribution < -0.4 is 4.90 Å². The number of rotatable bonds is 3. The molecule has 2 amide bonds. The summed E-state index contributed by atoms with van der Waals surface area (Å²) in [6, 6.07) is 13.9. The lowest BCUT2D eigenvalue weighted by atomic mass is 9.96. The first-order valence-electron chi connectivity index (χ1n) is 10.6. The van der Waals surface area contributed by atoms with Crippen molar-refractivity contribution in [2.24, 2.45) is 0 Å². The summed E-state index contributed by atoms with van der Waals surface area (Å²) in [6.45, 7) is 3.33. The number of likely N-dealkylation sites (N-methyl/N-ethyl adjacent to an activating group) is 1. The molecule has 0 spiro atoms. The van der Waals surface area contributed by atoms with Crippen molar-refractivity contribution < 1.29 is 9.59 Å². The number of aryl methyl sites for hydroxylation is 2. The van der Waals surface area contributed by atoms with Crippen molar-refractivity contribution >= 4 is 17.5 Å². The summed E-state index contributed by atoms with van der Waals surface area (Å²) in [7, 11) is 2.09. The third-order valence-corrected chi connectivity index (χ3v) is 6.64. The van der Waals surface area contributed by atoms with Crippen molar-refractivity contribution in [3.8, 4) is 0 Å². The smallest absolute Gasteiger partial charge is 0.259 e. The average Bonchev–Trinajstić information content (AvgIpc) is 3.30. The number of carbonyl (C=O) groups is 2. The first-order valence-corrected chi connectivity index (χ1v) is 10.6. The Morgan fingerprint density at radius 3 is 2.41 bits per heavy atom. The number of carbonyl (C=O) groups excluding carboxylic acids is 2. The van der Waals surface area contributed by atoms with Crippen LogP contribution in [0.1, 0.15) is 45.9 Å².